The summed E-state index contributed by atoms with van der Waals surface area (Å²) in [4.78, 5) is 8.10. The maximum Gasteiger partial charge on any atom is 0.0946 e. The van der Waals surface area contributed by atoms with Crippen molar-refractivity contribution in [2.24, 2.45) is 12.9 Å². The molecule has 1 atom stereocenters. The van der Waals surface area contributed by atoms with Crippen molar-refractivity contribution in [2.45, 2.75) is 6.04 Å². The van der Waals surface area contributed by atoms with Gasteiger partial charge in [-0.1, -0.05) is 0 Å². The van der Waals surface area contributed by atoms with Crippen molar-refractivity contribution in [1.29, 1.82) is 0 Å². The third-order valence-electron chi connectivity index (χ3n) is 2.51. The van der Waals surface area contributed by atoms with E-state index in [9.17, 15) is 0 Å². The zero-order valence-corrected chi connectivity index (χ0v) is 8.96. The summed E-state index contributed by atoms with van der Waals surface area (Å²) < 4.78 is 1.89. The molecular formula is C10H14N6. The lowest BCUT2D eigenvalue weighted by Crippen LogP contribution is -2.30. The van der Waals surface area contributed by atoms with Crippen molar-refractivity contribution in [1.82, 2.24) is 20.0 Å². The Bertz CT molecular complexity index is 478. The maximum absolute atomic E-state index is 5.89. The van der Waals surface area contributed by atoms with Gasteiger partial charge in [-0.25, -0.2) is 10.4 Å². The van der Waals surface area contributed by atoms with Crippen LogP contribution in [0.3, 0.4) is 0 Å². The molecule has 0 spiro atoms. The molecule has 6 heteroatoms. The summed E-state index contributed by atoms with van der Waals surface area (Å²) in [6.45, 7) is 0. The smallest absolute Gasteiger partial charge is 0.0946 e. The van der Waals surface area contributed by atoms with E-state index in [2.05, 4.69) is 15.4 Å². The Hall–Kier alpha value is -1.92. The first-order valence-corrected chi connectivity index (χ1v) is 4.85. The minimum absolute atomic E-state index is 0.207. The number of rotatable bonds is 3. The summed E-state index contributed by atoms with van der Waals surface area (Å²) in [7, 11) is 1.90. The Morgan fingerprint density at radius 3 is 2.75 bits per heavy atom. The first kappa shape index (κ1) is 10.6. The number of hydrogen-bond donors (Lipinski definition) is 3. The number of hydrazine groups is 1. The second-order valence-electron chi connectivity index (χ2n) is 3.53. The van der Waals surface area contributed by atoms with E-state index in [0.717, 1.165) is 11.3 Å². The standard InChI is InChI=1S/C10H14N6/c1-16-6-14-5-9(16)10(15-12)7-4-13-3-2-8(7)11/h2-6,10,15H,12H2,1H3,(H2,11,13). The zero-order valence-electron chi connectivity index (χ0n) is 8.96. The summed E-state index contributed by atoms with van der Waals surface area (Å²) in [5.74, 6) is 5.56. The van der Waals surface area contributed by atoms with Gasteiger partial charge < -0.3 is 10.3 Å². The van der Waals surface area contributed by atoms with Crippen LogP contribution in [0.4, 0.5) is 5.69 Å². The largest absolute Gasteiger partial charge is 0.398 e. The monoisotopic (exact) mass is 218 g/mol. The van der Waals surface area contributed by atoms with E-state index in [0.29, 0.717) is 5.69 Å². The normalized spacial score (nSPS) is 12.6. The highest BCUT2D eigenvalue weighted by molar-refractivity contribution is 5.48. The van der Waals surface area contributed by atoms with Crippen LogP contribution in [0, 0.1) is 0 Å². The molecule has 0 saturated heterocycles. The number of anilines is 1. The van der Waals surface area contributed by atoms with Crippen LogP contribution in [0.15, 0.2) is 31.0 Å². The maximum atomic E-state index is 5.89. The predicted molar refractivity (Wildman–Crippen MR) is 61.0 cm³/mol. The number of hydrogen-bond acceptors (Lipinski definition) is 5. The van der Waals surface area contributed by atoms with Crippen molar-refractivity contribution in [3.8, 4) is 0 Å². The molecule has 0 aliphatic heterocycles. The fourth-order valence-corrected chi connectivity index (χ4v) is 1.64. The van der Waals surface area contributed by atoms with Crippen LogP contribution < -0.4 is 17.0 Å². The fourth-order valence-electron chi connectivity index (χ4n) is 1.64. The number of nitrogen functional groups attached to an aromatic ring is 1. The van der Waals surface area contributed by atoms with Gasteiger partial charge in [-0.2, -0.15) is 0 Å². The van der Waals surface area contributed by atoms with Crippen LogP contribution in [0.25, 0.3) is 0 Å². The lowest BCUT2D eigenvalue weighted by atomic mass is 10.1. The summed E-state index contributed by atoms with van der Waals surface area (Å²) in [6.07, 6.45) is 6.81. The van der Waals surface area contributed by atoms with Crippen molar-refractivity contribution in [3.05, 3.63) is 42.2 Å². The number of nitrogens with two attached hydrogens (primary N) is 2. The highest BCUT2D eigenvalue weighted by Crippen LogP contribution is 2.24. The summed E-state index contributed by atoms with van der Waals surface area (Å²) in [5, 5.41) is 0. The molecule has 6 nitrogen and oxygen atoms in total. The molecule has 5 N–H and O–H groups in total. The van der Waals surface area contributed by atoms with Gasteiger partial charge in [0.1, 0.15) is 0 Å². The van der Waals surface area contributed by atoms with Crippen LogP contribution in [-0.4, -0.2) is 14.5 Å². The third kappa shape index (κ3) is 1.75. The van der Waals surface area contributed by atoms with E-state index in [4.69, 9.17) is 11.6 Å². The Labute approximate surface area is 93.3 Å². The first-order valence-electron chi connectivity index (χ1n) is 4.85. The molecule has 0 aliphatic carbocycles. The van der Waals surface area contributed by atoms with Gasteiger partial charge in [-0.15, -0.1) is 0 Å². The fraction of sp³-hybridized carbons (Fsp3) is 0.200. The molecule has 0 fully saturated rings. The van der Waals surface area contributed by atoms with Crippen LogP contribution in [-0.2, 0) is 7.05 Å². The average Bonchev–Trinajstić information content (AvgIpc) is 2.69. The predicted octanol–water partition coefficient (Wildman–Crippen LogP) is -0.0500. The minimum Gasteiger partial charge on any atom is -0.398 e. The summed E-state index contributed by atoms with van der Waals surface area (Å²) >= 11 is 0. The van der Waals surface area contributed by atoms with Crippen LogP contribution in [0.1, 0.15) is 17.3 Å². The molecule has 0 saturated carbocycles. The van der Waals surface area contributed by atoms with Crippen molar-refractivity contribution < 1.29 is 0 Å². The quantitative estimate of drug-likeness (QED) is 0.496. The number of nitrogens with one attached hydrogen (secondary N) is 1. The van der Waals surface area contributed by atoms with E-state index < -0.39 is 0 Å². The van der Waals surface area contributed by atoms with Gasteiger partial charge in [0, 0.05) is 30.7 Å². The second kappa shape index (κ2) is 4.30. The average molecular weight is 218 g/mol. The lowest BCUT2D eigenvalue weighted by Gasteiger charge is -2.17. The van der Waals surface area contributed by atoms with Crippen LogP contribution in [0.5, 0.6) is 0 Å². The van der Waals surface area contributed by atoms with Gasteiger partial charge in [0.2, 0.25) is 0 Å². The van der Waals surface area contributed by atoms with Gasteiger partial charge in [0.05, 0.1) is 24.3 Å². The van der Waals surface area contributed by atoms with Crippen LogP contribution in [0.2, 0.25) is 0 Å². The molecule has 2 aromatic rings. The zero-order chi connectivity index (χ0) is 11.5. The second-order valence-corrected chi connectivity index (χ2v) is 3.53. The minimum atomic E-state index is -0.207. The number of aryl methyl sites for hydroxylation is 1. The van der Waals surface area contributed by atoms with Gasteiger partial charge in [-0.05, 0) is 6.07 Å². The molecule has 2 rings (SSSR count). The van der Waals surface area contributed by atoms with E-state index in [-0.39, 0.29) is 6.04 Å². The van der Waals surface area contributed by atoms with Crippen molar-refractivity contribution in [2.75, 3.05) is 5.73 Å². The Morgan fingerprint density at radius 1 is 1.38 bits per heavy atom. The molecule has 0 radical (unpaired) electrons. The van der Waals surface area contributed by atoms with Gasteiger partial charge >= 0.3 is 0 Å². The first-order chi connectivity index (χ1) is 7.74. The number of aromatic nitrogens is 3. The Morgan fingerprint density at radius 2 is 2.19 bits per heavy atom. The highest BCUT2D eigenvalue weighted by Gasteiger charge is 2.17. The molecule has 16 heavy (non-hydrogen) atoms. The van der Waals surface area contributed by atoms with Gasteiger partial charge in [-0.3, -0.25) is 10.8 Å². The van der Waals surface area contributed by atoms with Crippen LogP contribution >= 0.6 is 0 Å². The van der Waals surface area contributed by atoms with E-state index in [1.54, 1.807) is 31.0 Å². The molecule has 0 aromatic carbocycles. The SMILES string of the molecule is Cn1cncc1C(NN)c1cnccc1N. The van der Waals surface area contributed by atoms with Crippen molar-refractivity contribution >= 4 is 5.69 Å². The molecule has 2 aromatic heterocycles. The van der Waals surface area contributed by atoms with E-state index in [1.807, 2.05) is 11.6 Å². The lowest BCUT2D eigenvalue weighted by molar-refractivity contribution is 0.597. The topological polar surface area (TPSA) is 94.8 Å². The number of pyridine rings is 1. The van der Waals surface area contributed by atoms with Crippen molar-refractivity contribution in [3.63, 3.8) is 0 Å². The van der Waals surface area contributed by atoms with Gasteiger partial charge in [0.25, 0.3) is 0 Å². The Kier molecular flexibility index (Phi) is 2.84. The molecule has 2 heterocycles. The molecular weight excluding hydrogens is 204 g/mol. The molecule has 0 amide bonds. The van der Waals surface area contributed by atoms with Gasteiger partial charge in [0.15, 0.2) is 0 Å². The molecule has 1 unspecified atom stereocenters. The summed E-state index contributed by atoms with van der Waals surface area (Å²) in [5.41, 5.74) is 11.0. The molecule has 84 valence electrons. The molecule has 0 bridgehead atoms. The highest BCUT2D eigenvalue weighted by atomic mass is 15.2. The van der Waals surface area contributed by atoms with E-state index >= 15 is 0 Å². The summed E-state index contributed by atoms with van der Waals surface area (Å²) in [6, 6.07) is 1.54. The number of imidazole rings is 1. The number of nitrogens with zero attached hydrogens (tertiary/aromatic N) is 3. The van der Waals surface area contributed by atoms with E-state index in [1.165, 1.54) is 0 Å². The third-order valence-corrected chi connectivity index (χ3v) is 2.51. The Balaban J connectivity index is 2.45. The molecule has 0 aliphatic rings.